The average molecular weight is 456 g/mol. The molecule has 1 aromatic carbocycles. The lowest BCUT2D eigenvalue weighted by Crippen LogP contribution is -2.46. The molecule has 2 heterocycles. The standard InChI is InChI=1S/C19H19ClFN3O5S/c1-28-9-13(23-19(27)15-4-5-16(20)30-15)18(26)22-11-2-3-14(12(21)8-11)24-6-7-29-10-17(24)25/h2-5,8,13H,6-7,9-10H2,1H3,(H,22,26)(H,23,27)/t13-/m1/s1. The van der Waals surface area contributed by atoms with Crippen LogP contribution in [0.25, 0.3) is 0 Å². The normalized spacial score (nSPS) is 15.0. The van der Waals surface area contributed by atoms with Crippen LogP contribution in [0.4, 0.5) is 15.8 Å². The Hall–Kier alpha value is -2.53. The molecule has 0 bridgehead atoms. The van der Waals surface area contributed by atoms with E-state index in [9.17, 15) is 18.8 Å². The third-order valence-corrected chi connectivity index (χ3v) is 5.47. The topological polar surface area (TPSA) is 97.0 Å². The second kappa shape index (κ2) is 9.98. The maximum Gasteiger partial charge on any atom is 0.262 e. The fraction of sp³-hybridized carbons (Fsp3) is 0.316. The number of methoxy groups -OCH3 is 1. The van der Waals surface area contributed by atoms with Crippen LogP contribution in [0.3, 0.4) is 0 Å². The molecule has 1 fully saturated rings. The Morgan fingerprint density at radius 1 is 1.37 bits per heavy atom. The van der Waals surface area contributed by atoms with Gasteiger partial charge in [0, 0.05) is 19.3 Å². The van der Waals surface area contributed by atoms with Crippen LogP contribution < -0.4 is 15.5 Å². The van der Waals surface area contributed by atoms with Gasteiger partial charge in [0.15, 0.2) is 0 Å². The molecule has 11 heteroatoms. The van der Waals surface area contributed by atoms with E-state index >= 15 is 0 Å². The van der Waals surface area contributed by atoms with E-state index < -0.39 is 23.7 Å². The maximum atomic E-state index is 14.5. The van der Waals surface area contributed by atoms with E-state index in [4.69, 9.17) is 21.1 Å². The second-order valence-corrected chi connectivity index (χ2v) is 8.05. The Morgan fingerprint density at radius 2 is 2.17 bits per heavy atom. The van der Waals surface area contributed by atoms with Gasteiger partial charge in [-0.25, -0.2) is 4.39 Å². The van der Waals surface area contributed by atoms with E-state index in [1.165, 1.54) is 24.1 Å². The Balaban J connectivity index is 1.68. The predicted octanol–water partition coefficient (Wildman–Crippen LogP) is 2.29. The van der Waals surface area contributed by atoms with Gasteiger partial charge >= 0.3 is 0 Å². The Kier molecular flexibility index (Phi) is 7.38. The number of benzene rings is 1. The minimum Gasteiger partial charge on any atom is -0.382 e. The molecule has 1 saturated heterocycles. The van der Waals surface area contributed by atoms with Gasteiger partial charge in [0.2, 0.25) is 5.91 Å². The number of nitrogens with one attached hydrogen (secondary N) is 2. The van der Waals surface area contributed by atoms with Crippen molar-refractivity contribution in [3.05, 3.63) is 45.4 Å². The first-order valence-corrected chi connectivity index (χ1v) is 10.1. The molecule has 1 aliphatic heterocycles. The number of ether oxygens (including phenoxy) is 2. The molecule has 0 spiro atoms. The summed E-state index contributed by atoms with van der Waals surface area (Å²) in [5, 5.41) is 5.11. The summed E-state index contributed by atoms with van der Waals surface area (Å²) in [6.07, 6.45) is 0. The van der Waals surface area contributed by atoms with Crippen LogP contribution in [0.1, 0.15) is 9.67 Å². The minimum atomic E-state index is -1.01. The van der Waals surface area contributed by atoms with Crippen molar-refractivity contribution >= 4 is 52.0 Å². The fourth-order valence-corrected chi connectivity index (χ4v) is 3.77. The van der Waals surface area contributed by atoms with Gasteiger partial charge in [-0.1, -0.05) is 11.6 Å². The highest BCUT2D eigenvalue weighted by atomic mass is 35.5. The van der Waals surface area contributed by atoms with Crippen molar-refractivity contribution in [2.45, 2.75) is 6.04 Å². The van der Waals surface area contributed by atoms with Crippen LogP contribution in [0.15, 0.2) is 30.3 Å². The Bertz CT molecular complexity index is 954. The first kappa shape index (κ1) is 22.2. The molecular weight excluding hydrogens is 437 g/mol. The molecule has 1 aromatic heterocycles. The molecule has 2 N–H and O–H groups in total. The van der Waals surface area contributed by atoms with E-state index in [1.54, 1.807) is 12.1 Å². The molecule has 0 radical (unpaired) electrons. The zero-order valence-corrected chi connectivity index (χ0v) is 17.5. The van der Waals surface area contributed by atoms with Gasteiger partial charge in [-0.15, -0.1) is 11.3 Å². The number of halogens is 2. The van der Waals surface area contributed by atoms with Crippen molar-refractivity contribution in [3.63, 3.8) is 0 Å². The molecule has 0 aliphatic carbocycles. The molecule has 1 atom stereocenters. The lowest BCUT2D eigenvalue weighted by atomic mass is 10.2. The van der Waals surface area contributed by atoms with Crippen molar-refractivity contribution < 1.29 is 28.2 Å². The van der Waals surface area contributed by atoms with Crippen molar-refractivity contribution in [1.82, 2.24) is 5.32 Å². The maximum absolute atomic E-state index is 14.5. The number of hydrogen-bond acceptors (Lipinski definition) is 6. The smallest absolute Gasteiger partial charge is 0.262 e. The third kappa shape index (κ3) is 5.33. The highest BCUT2D eigenvalue weighted by molar-refractivity contribution is 7.18. The number of thiophene rings is 1. The second-order valence-electron chi connectivity index (χ2n) is 6.34. The Morgan fingerprint density at radius 3 is 2.80 bits per heavy atom. The van der Waals surface area contributed by atoms with Gasteiger partial charge in [-0.05, 0) is 30.3 Å². The fourth-order valence-electron chi connectivity index (χ4n) is 2.82. The molecule has 3 rings (SSSR count). The van der Waals surface area contributed by atoms with Gasteiger partial charge in [-0.3, -0.25) is 14.4 Å². The quantitative estimate of drug-likeness (QED) is 0.667. The monoisotopic (exact) mass is 455 g/mol. The number of nitrogens with zero attached hydrogens (tertiary/aromatic N) is 1. The van der Waals surface area contributed by atoms with Crippen LogP contribution in [0.5, 0.6) is 0 Å². The van der Waals surface area contributed by atoms with Gasteiger partial charge in [0.05, 0.1) is 28.1 Å². The van der Waals surface area contributed by atoms with E-state index in [1.807, 2.05) is 0 Å². The lowest BCUT2D eigenvalue weighted by Gasteiger charge is -2.27. The van der Waals surface area contributed by atoms with Crippen molar-refractivity contribution in [2.24, 2.45) is 0 Å². The summed E-state index contributed by atoms with van der Waals surface area (Å²) in [7, 11) is 1.39. The van der Waals surface area contributed by atoms with Crippen molar-refractivity contribution in [2.75, 3.05) is 43.7 Å². The number of hydrogen-bond donors (Lipinski definition) is 2. The summed E-state index contributed by atoms with van der Waals surface area (Å²) in [6, 6.07) is 6.11. The largest absolute Gasteiger partial charge is 0.382 e. The highest BCUT2D eigenvalue weighted by Crippen LogP contribution is 2.24. The summed E-state index contributed by atoms with van der Waals surface area (Å²) in [6.45, 7) is 0.374. The van der Waals surface area contributed by atoms with Crippen molar-refractivity contribution in [3.8, 4) is 0 Å². The minimum absolute atomic E-state index is 0.0838. The summed E-state index contributed by atoms with van der Waals surface area (Å²) >= 11 is 6.91. The van der Waals surface area contributed by atoms with Crippen LogP contribution >= 0.6 is 22.9 Å². The SMILES string of the molecule is COC[C@@H](NC(=O)c1ccc(Cl)s1)C(=O)Nc1ccc(N2CCOCC2=O)c(F)c1. The first-order valence-electron chi connectivity index (χ1n) is 8.92. The summed E-state index contributed by atoms with van der Waals surface area (Å²) in [5.41, 5.74) is 0.286. The molecule has 8 nitrogen and oxygen atoms in total. The molecule has 1 aliphatic rings. The van der Waals surface area contributed by atoms with Gasteiger partial charge in [0.1, 0.15) is 18.5 Å². The van der Waals surface area contributed by atoms with Crippen LogP contribution in [-0.2, 0) is 19.1 Å². The van der Waals surface area contributed by atoms with Crippen LogP contribution in [0.2, 0.25) is 4.34 Å². The highest BCUT2D eigenvalue weighted by Gasteiger charge is 2.25. The van der Waals surface area contributed by atoms with Gasteiger partial charge in [0.25, 0.3) is 11.8 Å². The Labute approximate surface area is 180 Å². The predicted molar refractivity (Wildman–Crippen MR) is 111 cm³/mol. The number of carbonyl (C=O) groups excluding carboxylic acids is 3. The van der Waals surface area contributed by atoms with Crippen molar-refractivity contribution in [1.29, 1.82) is 0 Å². The van der Waals surface area contributed by atoms with Gasteiger partial charge in [-0.2, -0.15) is 0 Å². The number of morpholine rings is 1. The molecule has 30 heavy (non-hydrogen) atoms. The number of amides is 3. The summed E-state index contributed by atoms with van der Waals surface area (Å²) < 4.78 is 25.0. The number of carbonyl (C=O) groups is 3. The van der Waals surface area contributed by atoms with Crippen LogP contribution in [-0.4, -0.2) is 57.2 Å². The summed E-state index contributed by atoms with van der Waals surface area (Å²) in [4.78, 5) is 38.4. The zero-order chi connectivity index (χ0) is 21.7. The van der Waals surface area contributed by atoms with E-state index in [2.05, 4.69) is 10.6 Å². The lowest BCUT2D eigenvalue weighted by molar-refractivity contribution is -0.125. The first-order chi connectivity index (χ1) is 14.4. The third-order valence-electron chi connectivity index (χ3n) is 4.24. The van der Waals surface area contributed by atoms with Gasteiger partial charge < -0.3 is 25.0 Å². The molecule has 0 saturated carbocycles. The molecular formula is C19H19ClFN3O5S. The number of rotatable bonds is 7. The zero-order valence-electron chi connectivity index (χ0n) is 15.9. The molecule has 2 aromatic rings. The molecule has 3 amide bonds. The summed E-state index contributed by atoms with van der Waals surface area (Å²) in [5.74, 6) is -2.06. The van der Waals surface area contributed by atoms with E-state index in [0.29, 0.717) is 15.8 Å². The molecule has 0 unspecified atom stereocenters. The van der Waals surface area contributed by atoms with E-state index in [-0.39, 0.29) is 37.0 Å². The van der Waals surface area contributed by atoms with E-state index in [0.717, 1.165) is 17.4 Å². The number of anilines is 2. The van der Waals surface area contributed by atoms with Crippen LogP contribution in [0, 0.1) is 5.82 Å². The molecule has 160 valence electrons. The average Bonchev–Trinajstić information content (AvgIpc) is 3.15.